The lowest BCUT2D eigenvalue weighted by molar-refractivity contribution is -0.659. The standard InChI is InChI=1S/C32H30NO/c1-18-12-13-22-20(3)32-29(19(2)26(22)16-18)31-30-25(14-15-33(31)4)24-11-7-10-23(21-8-5-6-9-21)27(24)17-28(30)34-32/h7,10-17,21H,5-6,8-9H2,1-4H3/q+1. The lowest BCUT2D eigenvalue weighted by atomic mass is 9.86. The number of fused-ring (bicyclic) bond motifs is 5. The van der Waals surface area contributed by atoms with Crippen LogP contribution < -0.4 is 9.30 Å². The number of aromatic nitrogens is 1. The molecule has 2 heterocycles. The van der Waals surface area contributed by atoms with E-state index in [2.05, 4.69) is 87.1 Å². The molecule has 0 amide bonds. The first-order chi connectivity index (χ1) is 16.5. The third kappa shape index (κ3) is 2.60. The highest BCUT2D eigenvalue weighted by Gasteiger charge is 2.33. The maximum Gasteiger partial charge on any atom is 0.228 e. The molecule has 0 saturated heterocycles. The average molecular weight is 445 g/mol. The summed E-state index contributed by atoms with van der Waals surface area (Å²) in [7, 11) is 2.17. The van der Waals surface area contributed by atoms with E-state index in [-0.39, 0.29) is 0 Å². The van der Waals surface area contributed by atoms with Crippen molar-refractivity contribution in [3.05, 3.63) is 77.0 Å². The number of aryl methyl sites for hydroxylation is 4. The van der Waals surface area contributed by atoms with E-state index in [1.54, 1.807) is 0 Å². The quantitative estimate of drug-likeness (QED) is 0.183. The second kappa shape index (κ2) is 7.06. The number of benzene rings is 4. The van der Waals surface area contributed by atoms with Crippen molar-refractivity contribution in [1.29, 1.82) is 0 Å². The summed E-state index contributed by atoms with van der Waals surface area (Å²) in [6, 6.07) is 18.3. The van der Waals surface area contributed by atoms with Crippen molar-refractivity contribution in [2.24, 2.45) is 7.05 Å². The smallest absolute Gasteiger partial charge is 0.228 e. The number of pyridine rings is 1. The molecule has 1 fully saturated rings. The second-order valence-corrected chi connectivity index (χ2v) is 10.5. The molecule has 7 rings (SSSR count). The van der Waals surface area contributed by atoms with Gasteiger partial charge in [-0.2, -0.15) is 0 Å². The van der Waals surface area contributed by atoms with Gasteiger partial charge in [-0.1, -0.05) is 54.8 Å². The molecule has 1 aliphatic heterocycles. The molecule has 0 N–H and O–H groups in total. The SMILES string of the molecule is Cc1ccc2c(C)c3c(c(C)c2c1)-c1c2c(cc4c(C5CCCC5)cccc4c2cc[n+]1C)O3. The fraction of sp³-hybridized carbons (Fsp3) is 0.281. The van der Waals surface area contributed by atoms with Crippen LogP contribution in [0.3, 0.4) is 0 Å². The van der Waals surface area contributed by atoms with Gasteiger partial charge >= 0.3 is 0 Å². The van der Waals surface area contributed by atoms with E-state index in [0.717, 1.165) is 11.5 Å². The highest BCUT2D eigenvalue weighted by Crippen LogP contribution is 2.52. The van der Waals surface area contributed by atoms with Gasteiger partial charge in [0.1, 0.15) is 18.5 Å². The predicted molar refractivity (Wildman–Crippen MR) is 141 cm³/mol. The normalized spacial score (nSPS) is 15.3. The van der Waals surface area contributed by atoms with Crippen LogP contribution in [0.1, 0.15) is 53.9 Å². The number of hydrogen-bond donors (Lipinski definition) is 0. The highest BCUT2D eigenvalue weighted by molar-refractivity contribution is 6.16. The molecule has 0 spiro atoms. The topological polar surface area (TPSA) is 13.1 Å². The van der Waals surface area contributed by atoms with Crippen LogP contribution >= 0.6 is 0 Å². The molecular formula is C32H30NO+. The molecule has 168 valence electrons. The van der Waals surface area contributed by atoms with Gasteiger partial charge in [0.15, 0.2) is 6.20 Å². The van der Waals surface area contributed by atoms with Crippen LogP contribution in [0.25, 0.3) is 43.6 Å². The summed E-state index contributed by atoms with van der Waals surface area (Å²) in [5.41, 5.74) is 7.82. The molecule has 2 aliphatic rings. The predicted octanol–water partition coefficient (Wildman–Crippen LogP) is 8.33. The zero-order valence-corrected chi connectivity index (χ0v) is 20.5. The molecule has 2 heteroatoms. The second-order valence-electron chi connectivity index (χ2n) is 10.5. The molecular weight excluding hydrogens is 414 g/mol. The van der Waals surface area contributed by atoms with Crippen LogP contribution in [0.4, 0.5) is 0 Å². The molecule has 2 nitrogen and oxygen atoms in total. The molecule has 1 aliphatic carbocycles. The Balaban J connectivity index is 1.63. The molecule has 34 heavy (non-hydrogen) atoms. The minimum atomic E-state index is 0.666. The van der Waals surface area contributed by atoms with Gasteiger partial charge in [0, 0.05) is 17.0 Å². The lowest BCUT2D eigenvalue weighted by Crippen LogP contribution is -2.32. The summed E-state index contributed by atoms with van der Waals surface area (Å²) >= 11 is 0. The molecule has 4 aromatic carbocycles. The summed E-state index contributed by atoms with van der Waals surface area (Å²) < 4.78 is 9.15. The van der Waals surface area contributed by atoms with E-state index >= 15 is 0 Å². The molecule has 1 saturated carbocycles. The number of ether oxygens (including phenoxy) is 1. The first-order valence-electron chi connectivity index (χ1n) is 12.6. The van der Waals surface area contributed by atoms with E-state index in [1.165, 1.54) is 91.5 Å². The molecule has 0 unspecified atom stereocenters. The number of hydrogen-bond acceptors (Lipinski definition) is 1. The maximum absolute atomic E-state index is 6.87. The van der Waals surface area contributed by atoms with Crippen LogP contribution in [0.2, 0.25) is 0 Å². The Kier molecular flexibility index (Phi) is 4.16. The van der Waals surface area contributed by atoms with Crippen molar-refractivity contribution in [3.8, 4) is 22.8 Å². The third-order valence-electron chi connectivity index (χ3n) is 8.45. The molecule has 1 aromatic heterocycles. The Labute approximate surface area is 200 Å². The first kappa shape index (κ1) is 20.0. The van der Waals surface area contributed by atoms with E-state index in [4.69, 9.17) is 4.74 Å². The Bertz CT molecular complexity index is 1670. The van der Waals surface area contributed by atoms with Crippen molar-refractivity contribution in [2.45, 2.75) is 52.4 Å². The van der Waals surface area contributed by atoms with Crippen LogP contribution in [0, 0.1) is 20.8 Å². The molecule has 5 aromatic rings. The lowest BCUT2D eigenvalue weighted by Gasteiger charge is -2.25. The van der Waals surface area contributed by atoms with E-state index < -0.39 is 0 Å². The summed E-state index contributed by atoms with van der Waals surface area (Å²) in [5, 5.41) is 7.86. The highest BCUT2D eigenvalue weighted by atomic mass is 16.5. The minimum Gasteiger partial charge on any atom is -0.455 e. The summed E-state index contributed by atoms with van der Waals surface area (Å²) in [6.45, 7) is 6.65. The third-order valence-corrected chi connectivity index (χ3v) is 8.45. The van der Waals surface area contributed by atoms with Gasteiger partial charge in [0.25, 0.3) is 0 Å². The van der Waals surface area contributed by atoms with Crippen molar-refractivity contribution >= 4 is 32.3 Å². The Morgan fingerprint density at radius 3 is 2.44 bits per heavy atom. The maximum atomic E-state index is 6.87. The number of rotatable bonds is 1. The van der Waals surface area contributed by atoms with Crippen LogP contribution in [-0.2, 0) is 7.05 Å². The largest absolute Gasteiger partial charge is 0.455 e. The van der Waals surface area contributed by atoms with Gasteiger partial charge < -0.3 is 4.74 Å². The fourth-order valence-electron chi connectivity index (χ4n) is 6.71. The summed E-state index contributed by atoms with van der Waals surface area (Å²) in [5.74, 6) is 2.68. The summed E-state index contributed by atoms with van der Waals surface area (Å²) in [6.07, 6.45) is 7.52. The molecule has 0 atom stereocenters. The van der Waals surface area contributed by atoms with Gasteiger partial charge in [-0.25, -0.2) is 4.57 Å². The van der Waals surface area contributed by atoms with Crippen molar-refractivity contribution in [3.63, 3.8) is 0 Å². The van der Waals surface area contributed by atoms with Crippen LogP contribution in [-0.4, -0.2) is 0 Å². The van der Waals surface area contributed by atoms with Crippen molar-refractivity contribution < 1.29 is 9.30 Å². The van der Waals surface area contributed by atoms with Gasteiger partial charge in [-0.05, 0) is 78.3 Å². The average Bonchev–Trinajstić information content (AvgIpc) is 3.38. The van der Waals surface area contributed by atoms with Crippen LogP contribution in [0.5, 0.6) is 11.5 Å². The van der Waals surface area contributed by atoms with Gasteiger partial charge in [0.05, 0.1) is 10.9 Å². The van der Waals surface area contributed by atoms with E-state index in [1.807, 2.05) is 0 Å². The van der Waals surface area contributed by atoms with Crippen molar-refractivity contribution in [2.75, 3.05) is 0 Å². The minimum absolute atomic E-state index is 0.666. The van der Waals surface area contributed by atoms with Gasteiger partial charge in [-0.15, -0.1) is 0 Å². The van der Waals surface area contributed by atoms with Crippen molar-refractivity contribution in [1.82, 2.24) is 0 Å². The van der Waals surface area contributed by atoms with Gasteiger partial charge in [-0.3, -0.25) is 0 Å². The first-order valence-corrected chi connectivity index (χ1v) is 12.6. The summed E-state index contributed by atoms with van der Waals surface area (Å²) in [4.78, 5) is 0. The fourth-order valence-corrected chi connectivity index (χ4v) is 6.71. The molecule has 0 bridgehead atoms. The van der Waals surface area contributed by atoms with E-state index in [9.17, 15) is 0 Å². The zero-order valence-electron chi connectivity index (χ0n) is 20.5. The van der Waals surface area contributed by atoms with E-state index in [0.29, 0.717) is 5.92 Å². The molecule has 0 radical (unpaired) electrons. The van der Waals surface area contributed by atoms with Gasteiger partial charge in [0.2, 0.25) is 5.69 Å². The number of nitrogens with zero attached hydrogens (tertiary/aromatic N) is 1. The Hall–Kier alpha value is -3.39. The monoisotopic (exact) mass is 444 g/mol. The Morgan fingerprint density at radius 1 is 0.794 bits per heavy atom. The van der Waals surface area contributed by atoms with Crippen LogP contribution in [0.15, 0.2) is 54.7 Å². The Morgan fingerprint density at radius 2 is 1.62 bits per heavy atom. The zero-order chi connectivity index (χ0) is 23.1.